The van der Waals surface area contributed by atoms with Gasteiger partial charge in [0.15, 0.2) is 5.82 Å². The van der Waals surface area contributed by atoms with E-state index >= 15 is 0 Å². The molecule has 0 atom stereocenters. The number of rotatable bonds is 4. The van der Waals surface area contributed by atoms with Crippen LogP contribution in [0.3, 0.4) is 0 Å². The largest absolute Gasteiger partial charge is 0.496 e. The van der Waals surface area contributed by atoms with Gasteiger partial charge in [0.25, 0.3) is 12.4 Å². The Kier molecular flexibility index (Phi) is 6.34. The number of ether oxygens (including phenoxy) is 1. The number of aryl methyl sites for hydroxylation is 1. The highest BCUT2D eigenvalue weighted by atomic mass is 35.5. The third-order valence-corrected chi connectivity index (χ3v) is 3.66. The van der Waals surface area contributed by atoms with Crippen LogP contribution in [0.15, 0.2) is 30.5 Å². The molecular weight excluding hydrogens is 362 g/mol. The number of carbonyl (C=O) groups is 2. The van der Waals surface area contributed by atoms with Crippen LogP contribution in [0.2, 0.25) is 5.02 Å². The number of nitrogens with one attached hydrogen (secondary N) is 3. The summed E-state index contributed by atoms with van der Waals surface area (Å²) >= 11 is 5.91. The zero-order valence-electron chi connectivity index (χ0n) is 13.9. The third-order valence-electron chi connectivity index (χ3n) is 3.38. The molecule has 0 radical (unpaired) electrons. The Morgan fingerprint density at radius 2 is 2.04 bits per heavy atom. The van der Waals surface area contributed by atoms with E-state index in [2.05, 4.69) is 25.7 Å². The monoisotopic (exact) mass is 377 g/mol. The van der Waals surface area contributed by atoms with Crippen molar-refractivity contribution in [1.29, 1.82) is 0 Å². The molecule has 0 spiro atoms. The fourth-order valence-electron chi connectivity index (χ4n) is 2.30. The van der Waals surface area contributed by atoms with E-state index in [1.165, 1.54) is 6.20 Å². The molecule has 4 N–H and O–H groups in total. The van der Waals surface area contributed by atoms with Gasteiger partial charge in [0.1, 0.15) is 11.4 Å². The lowest BCUT2D eigenvalue weighted by Gasteiger charge is -2.10. The van der Waals surface area contributed by atoms with Gasteiger partial charge in [0.2, 0.25) is 0 Å². The maximum atomic E-state index is 12.3. The summed E-state index contributed by atoms with van der Waals surface area (Å²) in [4.78, 5) is 20.7. The molecule has 2 aromatic heterocycles. The van der Waals surface area contributed by atoms with Crippen molar-refractivity contribution in [2.24, 2.45) is 0 Å². The Hall–Kier alpha value is -3.33. The summed E-state index contributed by atoms with van der Waals surface area (Å²) < 4.78 is 5.38. The van der Waals surface area contributed by atoms with Crippen LogP contribution in [0.1, 0.15) is 16.2 Å². The van der Waals surface area contributed by atoms with Gasteiger partial charge in [-0.2, -0.15) is 10.2 Å². The normalized spacial score (nSPS) is 9.81. The minimum Gasteiger partial charge on any atom is -0.496 e. The minimum atomic E-state index is -0.421. The van der Waals surface area contributed by atoms with Crippen LogP contribution in [0.4, 0.5) is 5.82 Å². The number of para-hydroxylation sites is 1. The number of benzene rings is 1. The zero-order chi connectivity index (χ0) is 19.1. The van der Waals surface area contributed by atoms with E-state index in [0.717, 1.165) is 16.8 Å². The molecule has 0 aliphatic carbocycles. The Balaban J connectivity index is 0.000000758. The molecule has 0 bridgehead atoms. The van der Waals surface area contributed by atoms with E-state index in [-0.39, 0.29) is 17.2 Å². The number of methoxy groups -OCH3 is 1. The molecule has 0 unspecified atom stereocenters. The number of carbonyl (C=O) groups excluding carboxylic acids is 1. The van der Waals surface area contributed by atoms with E-state index in [1.54, 1.807) is 7.11 Å². The minimum absolute atomic E-state index is 0.179. The van der Waals surface area contributed by atoms with E-state index in [0.29, 0.717) is 11.6 Å². The number of H-pyrrole nitrogens is 2. The molecule has 2 heterocycles. The second-order valence-corrected chi connectivity index (χ2v) is 5.33. The number of hydrogen-bond acceptors (Lipinski definition) is 5. The summed E-state index contributed by atoms with van der Waals surface area (Å²) in [6.07, 6.45) is 1.37. The molecule has 136 valence electrons. The summed E-state index contributed by atoms with van der Waals surface area (Å²) in [5.41, 5.74) is 2.57. The first-order valence-electron chi connectivity index (χ1n) is 7.29. The number of aromatic amines is 2. The van der Waals surface area contributed by atoms with Crippen molar-refractivity contribution in [2.75, 3.05) is 12.4 Å². The molecular formula is C16H16ClN5O4. The van der Waals surface area contributed by atoms with Crippen LogP contribution in [-0.4, -0.2) is 45.0 Å². The molecule has 0 aliphatic heterocycles. The Bertz CT molecular complexity index is 906. The van der Waals surface area contributed by atoms with Crippen LogP contribution in [0, 0.1) is 6.92 Å². The molecule has 0 aliphatic rings. The van der Waals surface area contributed by atoms with Crippen molar-refractivity contribution >= 4 is 29.8 Å². The van der Waals surface area contributed by atoms with Crippen LogP contribution in [0.25, 0.3) is 11.1 Å². The van der Waals surface area contributed by atoms with Crippen molar-refractivity contribution in [2.45, 2.75) is 6.92 Å². The zero-order valence-corrected chi connectivity index (χ0v) is 14.7. The van der Waals surface area contributed by atoms with Crippen LogP contribution >= 0.6 is 11.6 Å². The van der Waals surface area contributed by atoms with Crippen molar-refractivity contribution in [1.82, 2.24) is 20.4 Å². The SMILES string of the molecule is COc1ccccc1-c1c(NC(=O)c2[nH]ncc2Cl)n[nH]c1C.O=CO. The number of hydrogen-bond donors (Lipinski definition) is 4. The maximum absolute atomic E-state index is 12.3. The van der Waals surface area contributed by atoms with Gasteiger partial charge in [-0.3, -0.25) is 19.8 Å². The van der Waals surface area contributed by atoms with Crippen molar-refractivity contribution in [3.8, 4) is 16.9 Å². The molecule has 9 nitrogen and oxygen atoms in total. The number of halogens is 1. The number of amides is 1. The van der Waals surface area contributed by atoms with Gasteiger partial charge in [-0.1, -0.05) is 29.8 Å². The van der Waals surface area contributed by atoms with E-state index in [1.807, 2.05) is 31.2 Å². The van der Waals surface area contributed by atoms with E-state index in [9.17, 15) is 4.79 Å². The second-order valence-electron chi connectivity index (χ2n) is 4.92. The Morgan fingerprint density at radius 1 is 1.35 bits per heavy atom. The average molecular weight is 378 g/mol. The average Bonchev–Trinajstić information content (AvgIpc) is 3.21. The maximum Gasteiger partial charge on any atom is 0.290 e. The first kappa shape index (κ1) is 19.0. The second kappa shape index (κ2) is 8.67. The molecule has 10 heteroatoms. The lowest BCUT2D eigenvalue weighted by Crippen LogP contribution is -2.14. The van der Waals surface area contributed by atoms with Crippen molar-refractivity contribution in [3.05, 3.63) is 46.9 Å². The van der Waals surface area contributed by atoms with Gasteiger partial charge in [0, 0.05) is 11.3 Å². The quantitative estimate of drug-likeness (QED) is 0.516. The van der Waals surface area contributed by atoms with E-state index in [4.69, 9.17) is 26.2 Å². The Morgan fingerprint density at radius 3 is 2.65 bits per heavy atom. The lowest BCUT2D eigenvalue weighted by atomic mass is 10.0. The van der Waals surface area contributed by atoms with Crippen LogP contribution in [-0.2, 0) is 4.79 Å². The number of carboxylic acid groups (broad SMARTS) is 1. The van der Waals surface area contributed by atoms with Gasteiger partial charge in [0.05, 0.1) is 23.9 Å². The molecule has 0 saturated heterocycles. The standard InChI is InChI=1S/C15H14ClN5O2.CH2O2/c1-8-12(9-5-3-4-6-11(9)23-2)14(21-19-8)18-15(22)13-10(16)7-17-20-13;2-1-3/h3-7H,1-2H3,(H,17,20)(H2,18,19,21,22);1H,(H,2,3). The molecule has 3 aromatic rings. The summed E-state index contributed by atoms with van der Waals surface area (Å²) in [7, 11) is 1.59. The highest BCUT2D eigenvalue weighted by Gasteiger charge is 2.20. The first-order chi connectivity index (χ1) is 12.5. The summed E-state index contributed by atoms with van der Waals surface area (Å²) in [6.45, 7) is 1.62. The topological polar surface area (TPSA) is 133 Å². The number of anilines is 1. The molecule has 0 fully saturated rings. The van der Waals surface area contributed by atoms with Gasteiger partial charge in [-0.15, -0.1) is 0 Å². The third kappa shape index (κ3) is 4.01. The molecule has 1 amide bonds. The highest BCUT2D eigenvalue weighted by Crippen LogP contribution is 2.36. The molecule has 0 saturated carbocycles. The fourth-order valence-corrected chi connectivity index (χ4v) is 2.48. The summed E-state index contributed by atoms with van der Waals surface area (Å²) in [5, 5.41) is 23.2. The van der Waals surface area contributed by atoms with Crippen LogP contribution < -0.4 is 10.1 Å². The molecule has 26 heavy (non-hydrogen) atoms. The van der Waals surface area contributed by atoms with Gasteiger partial charge in [-0.05, 0) is 13.0 Å². The van der Waals surface area contributed by atoms with Crippen molar-refractivity contribution in [3.63, 3.8) is 0 Å². The number of aromatic nitrogens is 4. The summed E-state index contributed by atoms with van der Waals surface area (Å²) in [6, 6.07) is 7.51. The van der Waals surface area contributed by atoms with Crippen molar-refractivity contribution < 1.29 is 19.4 Å². The lowest BCUT2D eigenvalue weighted by molar-refractivity contribution is -0.122. The van der Waals surface area contributed by atoms with Gasteiger partial charge < -0.3 is 15.2 Å². The summed E-state index contributed by atoms with van der Waals surface area (Å²) in [5.74, 6) is 0.657. The fraction of sp³-hybridized carbons (Fsp3) is 0.125. The van der Waals surface area contributed by atoms with Crippen LogP contribution in [0.5, 0.6) is 5.75 Å². The van der Waals surface area contributed by atoms with E-state index < -0.39 is 5.91 Å². The Labute approximate surface area is 153 Å². The highest BCUT2D eigenvalue weighted by molar-refractivity contribution is 6.34. The van der Waals surface area contributed by atoms with Gasteiger partial charge >= 0.3 is 0 Å². The smallest absolute Gasteiger partial charge is 0.290 e. The number of nitrogens with zero attached hydrogens (tertiary/aromatic N) is 2. The first-order valence-corrected chi connectivity index (χ1v) is 7.67. The molecule has 1 aromatic carbocycles. The van der Waals surface area contributed by atoms with Gasteiger partial charge in [-0.25, -0.2) is 0 Å². The predicted molar refractivity (Wildman–Crippen MR) is 95.6 cm³/mol. The predicted octanol–water partition coefficient (Wildman–Crippen LogP) is 2.72. The molecule has 3 rings (SSSR count).